The van der Waals surface area contributed by atoms with E-state index in [0.717, 1.165) is 12.1 Å². The lowest BCUT2D eigenvalue weighted by molar-refractivity contribution is 0.0950. The zero-order valence-electron chi connectivity index (χ0n) is 17.3. The molecule has 0 atom stereocenters. The number of carbonyl (C=O) groups excluding carboxylic acids is 1. The van der Waals surface area contributed by atoms with E-state index in [1.807, 2.05) is 13.8 Å². The van der Waals surface area contributed by atoms with Crippen molar-refractivity contribution in [3.8, 4) is 5.88 Å². The zero-order chi connectivity index (χ0) is 23.3. The third kappa shape index (κ3) is 5.79. The van der Waals surface area contributed by atoms with Crippen molar-refractivity contribution in [3.63, 3.8) is 0 Å². The van der Waals surface area contributed by atoms with Gasteiger partial charge in [0.2, 0.25) is 5.88 Å². The number of hydrogen-bond acceptors (Lipinski definition) is 5. The maximum atomic E-state index is 13.3. The van der Waals surface area contributed by atoms with Gasteiger partial charge in [0.1, 0.15) is 0 Å². The van der Waals surface area contributed by atoms with Gasteiger partial charge in [-0.25, -0.2) is 22.2 Å². The number of sulfonamides is 1. The summed E-state index contributed by atoms with van der Waals surface area (Å²) in [6.45, 7) is 3.94. The molecule has 1 amide bonds. The van der Waals surface area contributed by atoms with Crippen molar-refractivity contribution in [1.29, 1.82) is 0 Å². The number of ether oxygens (including phenoxy) is 1. The number of benzene rings is 2. The van der Waals surface area contributed by atoms with Gasteiger partial charge in [-0.1, -0.05) is 6.07 Å². The van der Waals surface area contributed by atoms with Crippen LogP contribution in [0.3, 0.4) is 0 Å². The van der Waals surface area contributed by atoms with Gasteiger partial charge in [0, 0.05) is 29.6 Å². The molecule has 0 aliphatic heterocycles. The third-order valence-corrected chi connectivity index (χ3v) is 5.62. The summed E-state index contributed by atoms with van der Waals surface area (Å²) < 4.78 is 59.0. The fraction of sp³-hybridized carbons (Fsp3) is 0.182. The first kappa shape index (κ1) is 23.1. The van der Waals surface area contributed by atoms with Gasteiger partial charge in [0.05, 0.1) is 11.0 Å². The number of amides is 1. The Morgan fingerprint density at radius 1 is 1.06 bits per heavy atom. The molecule has 168 valence electrons. The Bertz CT molecular complexity index is 1220. The normalized spacial score (nSPS) is 11.3. The lowest BCUT2D eigenvalue weighted by Gasteiger charge is -2.13. The molecule has 0 radical (unpaired) electrons. The van der Waals surface area contributed by atoms with E-state index < -0.39 is 26.6 Å². The van der Waals surface area contributed by atoms with E-state index in [9.17, 15) is 22.0 Å². The predicted octanol–water partition coefficient (Wildman–Crippen LogP) is 3.88. The minimum absolute atomic E-state index is 0.0675. The van der Waals surface area contributed by atoms with E-state index in [2.05, 4.69) is 15.0 Å². The van der Waals surface area contributed by atoms with Gasteiger partial charge in [0.25, 0.3) is 15.9 Å². The van der Waals surface area contributed by atoms with Crippen LogP contribution in [-0.4, -0.2) is 25.4 Å². The first-order valence-corrected chi connectivity index (χ1v) is 11.1. The third-order valence-electron chi connectivity index (χ3n) is 4.24. The SMILES string of the molecule is CC(C)Oc1ncccc1CNC(=O)c1ccc(NS(=O)(=O)c2ccc(F)c(F)c2)cc1. The van der Waals surface area contributed by atoms with Gasteiger partial charge in [-0.15, -0.1) is 0 Å². The number of carbonyl (C=O) groups is 1. The van der Waals surface area contributed by atoms with Crippen molar-refractivity contribution in [1.82, 2.24) is 10.3 Å². The molecule has 0 fully saturated rings. The van der Waals surface area contributed by atoms with Crippen LogP contribution in [0.2, 0.25) is 0 Å². The molecule has 0 aliphatic rings. The largest absolute Gasteiger partial charge is 0.475 e. The van der Waals surface area contributed by atoms with Crippen molar-refractivity contribution in [2.75, 3.05) is 4.72 Å². The van der Waals surface area contributed by atoms with Crippen LogP contribution >= 0.6 is 0 Å². The molecule has 3 aromatic rings. The number of halogens is 2. The Morgan fingerprint density at radius 3 is 2.44 bits per heavy atom. The maximum absolute atomic E-state index is 13.3. The molecule has 1 aromatic heterocycles. The molecule has 2 aromatic carbocycles. The average molecular weight is 461 g/mol. The standard InChI is InChI=1S/C22H21F2N3O4S/c1-14(2)31-22-16(4-3-11-25-22)13-26-21(28)15-5-7-17(8-6-15)27-32(29,30)18-9-10-19(23)20(24)12-18/h3-12,14,27H,13H2,1-2H3,(H,26,28). The summed E-state index contributed by atoms with van der Waals surface area (Å²) in [4.78, 5) is 16.2. The molecule has 0 saturated heterocycles. The van der Waals surface area contributed by atoms with E-state index in [1.54, 1.807) is 18.3 Å². The number of rotatable bonds is 8. The van der Waals surface area contributed by atoms with Crippen LogP contribution in [0.5, 0.6) is 5.88 Å². The first-order valence-electron chi connectivity index (χ1n) is 9.62. The van der Waals surface area contributed by atoms with E-state index in [4.69, 9.17) is 4.74 Å². The molecule has 1 heterocycles. The van der Waals surface area contributed by atoms with Gasteiger partial charge in [-0.05, 0) is 62.4 Å². The van der Waals surface area contributed by atoms with Crippen molar-refractivity contribution >= 4 is 21.6 Å². The first-order chi connectivity index (χ1) is 15.2. The van der Waals surface area contributed by atoms with Crippen molar-refractivity contribution < 1.29 is 26.7 Å². The van der Waals surface area contributed by atoms with Crippen molar-refractivity contribution in [2.45, 2.75) is 31.4 Å². The Kier molecular flexibility index (Phi) is 7.04. The summed E-state index contributed by atoms with van der Waals surface area (Å²) in [6, 6.07) is 11.5. The molecule has 2 N–H and O–H groups in total. The monoisotopic (exact) mass is 461 g/mol. The number of nitrogens with zero attached hydrogens (tertiary/aromatic N) is 1. The molecule has 0 spiro atoms. The second kappa shape index (κ2) is 9.73. The minimum Gasteiger partial charge on any atom is -0.475 e. The number of anilines is 1. The lowest BCUT2D eigenvalue weighted by atomic mass is 10.2. The number of hydrogen-bond donors (Lipinski definition) is 2. The lowest BCUT2D eigenvalue weighted by Crippen LogP contribution is -2.23. The Morgan fingerprint density at radius 2 is 1.78 bits per heavy atom. The van der Waals surface area contributed by atoms with E-state index in [0.29, 0.717) is 23.1 Å². The molecule has 0 unspecified atom stereocenters. The van der Waals surface area contributed by atoms with Crippen molar-refractivity contribution in [3.05, 3.63) is 83.6 Å². The fourth-order valence-corrected chi connectivity index (χ4v) is 3.78. The van der Waals surface area contributed by atoms with Gasteiger partial charge in [-0.2, -0.15) is 0 Å². The van der Waals surface area contributed by atoms with E-state index in [-0.39, 0.29) is 24.2 Å². The molecule has 3 rings (SSSR count). The number of nitrogens with one attached hydrogen (secondary N) is 2. The predicted molar refractivity (Wildman–Crippen MR) is 115 cm³/mol. The molecular weight excluding hydrogens is 440 g/mol. The van der Waals surface area contributed by atoms with Crippen molar-refractivity contribution in [2.24, 2.45) is 0 Å². The van der Waals surface area contributed by atoms with Gasteiger partial charge >= 0.3 is 0 Å². The molecule has 7 nitrogen and oxygen atoms in total. The van der Waals surface area contributed by atoms with E-state index >= 15 is 0 Å². The molecule has 0 saturated carbocycles. The van der Waals surface area contributed by atoms with Gasteiger partial charge in [0.15, 0.2) is 11.6 Å². The zero-order valence-corrected chi connectivity index (χ0v) is 18.1. The van der Waals surface area contributed by atoms with Crippen LogP contribution in [0.15, 0.2) is 65.7 Å². The average Bonchev–Trinajstić information content (AvgIpc) is 2.74. The van der Waals surface area contributed by atoms with Gasteiger partial charge in [-0.3, -0.25) is 9.52 Å². The Hall–Kier alpha value is -3.53. The summed E-state index contributed by atoms with van der Waals surface area (Å²) in [5.41, 5.74) is 1.17. The topological polar surface area (TPSA) is 97.4 Å². The van der Waals surface area contributed by atoms with Crippen LogP contribution in [0.4, 0.5) is 14.5 Å². The summed E-state index contributed by atoms with van der Waals surface area (Å²) in [5, 5.41) is 2.76. The quantitative estimate of drug-likeness (QED) is 0.531. The highest BCUT2D eigenvalue weighted by Crippen LogP contribution is 2.19. The van der Waals surface area contributed by atoms with E-state index in [1.165, 1.54) is 24.3 Å². The maximum Gasteiger partial charge on any atom is 0.261 e. The molecule has 0 bridgehead atoms. The molecule has 0 aliphatic carbocycles. The second-order valence-electron chi connectivity index (χ2n) is 7.08. The fourth-order valence-electron chi connectivity index (χ4n) is 2.71. The highest BCUT2D eigenvalue weighted by Gasteiger charge is 2.17. The van der Waals surface area contributed by atoms with Crippen LogP contribution in [0.25, 0.3) is 0 Å². The van der Waals surface area contributed by atoms with Crippen LogP contribution < -0.4 is 14.8 Å². The highest BCUT2D eigenvalue weighted by molar-refractivity contribution is 7.92. The number of pyridine rings is 1. The molecular formula is C22H21F2N3O4S. The molecule has 10 heteroatoms. The number of aromatic nitrogens is 1. The Labute approximate surface area is 184 Å². The summed E-state index contributed by atoms with van der Waals surface area (Å²) in [6.07, 6.45) is 1.53. The minimum atomic E-state index is -4.12. The second-order valence-corrected chi connectivity index (χ2v) is 8.76. The Balaban J connectivity index is 1.65. The summed E-state index contributed by atoms with van der Waals surface area (Å²) >= 11 is 0. The summed E-state index contributed by atoms with van der Waals surface area (Å²) in [7, 11) is -4.12. The smallest absolute Gasteiger partial charge is 0.261 e. The summed E-state index contributed by atoms with van der Waals surface area (Å²) in [5.74, 6) is -2.35. The van der Waals surface area contributed by atoms with Crippen LogP contribution in [0.1, 0.15) is 29.8 Å². The molecule has 32 heavy (non-hydrogen) atoms. The highest BCUT2D eigenvalue weighted by atomic mass is 32.2. The van der Waals surface area contributed by atoms with Gasteiger partial charge < -0.3 is 10.1 Å². The van der Waals surface area contributed by atoms with Crippen LogP contribution in [-0.2, 0) is 16.6 Å². The van der Waals surface area contributed by atoms with Crippen LogP contribution in [0, 0.1) is 11.6 Å².